The zero-order valence-electron chi connectivity index (χ0n) is 13.5. The summed E-state index contributed by atoms with van der Waals surface area (Å²) in [5.74, 6) is 0.403. The number of amides is 1. The maximum Gasteiger partial charge on any atom is 0.269 e. The van der Waals surface area contributed by atoms with E-state index in [4.69, 9.17) is 4.52 Å². The first kappa shape index (κ1) is 17.0. The molecule has 1 N–H and O–H groups in total. The summed E-state index contributed by atoms with van der Waals surface area (Å²) in [6.07, 6.45) is 2.89. The number of nitro benzene ring substituents is 1. The zero-order chi connectivity index (χ0) is 18.4. The number of hydrogen-bond donors (Lipinski definition) is 1. The van der Waals surface area contributed by atoms with Gasteiger partial charge in [-0.15, -0.1) is 0 Å². The number of rotatable bonds is 6. The minimum absolute atomic E-state index is 0.00258. The van der Waals surface area contributed by atoms with Crippen molar-refractivity contribution >= 4 is 17.7 Å². The first-order valence-corrected chi connectivity index (χ1v) is 7.70. The summed E-state index contributed by atoms with van der Waals surface area (Å²) in [6.45, 7) is 0.100. The van der Waals surface area contributed by atoms with E-state index in [1.807, 2.05) is 30.3 Å². The third-order valence-corrected chi connectivity index (χ3v) is 3.44. The van der Waals surface area contributed by atoms with Crippen LogP contribution in [-0.4, -0.2) is 21.0 Å². The fraction of sp³-hybridized carbons (Fsp3) is 0.0556. The van der Waals surface area contributed by atoms with E-state index in [2.05, 4.69) is 15.5 Å². The van der Waals surface area contributed by atoms with Crippen molar-refractivity contribution in [1.29, 1.82) is 0 Å². The van der Waals surface area contributed by atoms with Crippen LogP contribution in [0.15, 0.2) is 65.2 Å². The Morgan fingerprint density at radius 2 is 1.88 bits per heavy atom. The number of nitrogens with one attached hydrogen (secondary N) is 1. The normalized spacial score (nSPS) is 10.8. The van der Waals surface area contributed by atoms with Gasteiger partial charge in [0.25, 0.3) is 5.69 Å². The zero-order valence-corrected chi connectivity index (χ0v) is 13.5. The maximum atomic E-state index is 11.8. The van der Waals surface area contributed by atoms with Gasteiger partial charge in [-0.25, -0.2) is 0 Å². The average molecular weight is 350 g/mol. The quantitative estimate of drug-likeness (QED) is 0.415. The highest BCUT2D eigenvalue weighted by Crippen LogP contribution is 2.15. The summed E-state index contributed by atoms with van der Waals surface area (Å²) in [5.41, 5.74) is 1.50. The number of carbonyl (C=O) groups is 1. The summed E-state index contributed by atoms with van der Waals surface area (Å²) < 4.78 is 5.10. The lowest BCUT2D eigenvalue weighted by Crippen LogP contribution is -2.20. The van der Waals surface area contributed by atoms with E-state index in [1.165, 1.54) is 18.2 Å². The molecule has 130 valence electrons. The number of nitro groups is 1. The van der Waals surface area contributed by atoms with Crippen LogP contribution in [0, 0.1) is 10.1 Å². The molecule has 0 saturated carbocycles. The minimum atomic E-state index is -0.478. The highest BCUT2D eigenvalue weighted by Gasteiger charge is 2.08. The number of nitrogens with zero attached hydrogens (tertiary/aromatic N) is 3. The largest absolute Gasteiger partial charge is 0.343 e. The molecule has 0 aliphatic carbocycles. The molecule has 0 spiro atoms. The lowest BCUT2D eigenvalue weighted by atomic mass is 10.2. The molecule has 0 aliphatic heterocycles. The lowest BCUT2D eigenvalue weighted by Gasteiger charge is -1.97. The van der Waals surface area contributed by atoms with Gasteiger partial charge >= 0.3 is 0 Å². The van der Waals surface area contributed by atoms with Crippen LogP contribution in [0.5, 0.6) is 0 Å². The summed E-state index contributed by atoms with van der Waals surface area (Å²) in [6, 6.07) is 15.2. The number of hydrogen-bond acceptors (Lipinski definition) is 6. The molecule has 0 saturated heterocycles. The predicted octanol–water partition coefficient (Wildman–Crippen LogP) is 2.97. The average Bonchev–Trinajstić information content (AvgIpc) is 3.15. The SMILES string of the molecule is O=C(/C=C/c1ccc([N+](=O)[O-])cc1)NCc1nc(-c2ccccc2)no1. The molecule has 1 aromatic heterocycles. The van der Waals surface area contributed by atoms with Crippen molar-refractivity contribution in [3.63, 3.8) is 0 Å². The van der Waals surface area contributed by atoms with Crippen molar-refractivity contribution < 1.29 is 14.2 Å². The molecule has 3 aromatic rings. The van der Waals surface area contributed by atoms with Crippen molar-refractivity contribution in [1.82, 2.24) is 15.5 Å². The fourth-order valence-corrected chi connectivity index (χ4v) is 2.13. The molecule has 8 heteroatoms. The summed E-state index contributed by atoms with van der Waals surface area (Å²) >= 11 is 0. The standard InChI is InChI=1S/C18H14N4O4/c23-16(11-8-13-6-9-15(10-7-13)22(24)25)19-12-17-20-18(21-26-17)14-4-2-1-3-5-14/h1-11H,12H2,(H,19,23)/b11-8+. The Morgan fingerprint density at radius 3 is 2.58 bits per heavy atom. The van der Waals surface area contributed by atoms with Gasteiger partial charge in [0.1, 0.15) is 0 Å². The van der Waals surface area contributed by atoms with Crippen LogP contribution in [-0.2, 0) is 11.3 Å². The first-order chi connectivity index (χ1) is 12.6. The van der Waals surface area contributed by atoms with Crippen LogP contribution in [0.1, 0.15) is 11.5 Å². The van der Waals surface area contributed by atoms with E-state index in [9.17, 15) is 14.9 Å². The number of aromatic nitrogens is 2. The smallest absolute Gasteiger partial charge is 0.269 e. The first-order valence-electron chi connectivity index (χ1n) is 7.70. The van der Waals surface area contributed by atoms with Gasteiger partial charge in [0.05, 0.1) is 11.5 Å². The van der Waals surface area contributed by atoms with E-state index in [1.54, 1.807) is 18.2 Å². The van der Waals surface area contributed by atoms with E-state index in [0.29, 0.717) is 17.3 Å². The van der Waals surface area contributed by atoms with Crippen molar-refractivity contribution in [2.45, 2.75) is 6.54 Å². The van der Waals surface area contributed by atoms with E-state index >= 15 is 0 Å². The van der Waals surface area contributed by atoms with Crippen LogP contribution in [0.4, 0.5) is 5.69 Å². The van der Waals surface area contributed by atoms with Gasteiger partial charge in [0.2, 0.25) is 17.6 Å². The molecule has 0 radical (unpaired) electrons. The maximum absolute atomic E-state index is 11.8. The van der Waals surface area contributed by atoms with Crippen LogP contribution >= 0.6 is 0 Å². The second-order valence-electron chi connectivity index (χ2n) is 5.28. The highest BCUT2D eigenvalue weighted by atomic mass is 16.6. The molecule has 3 rings (SSSR count). The van der Waals surface area contributed by atoms with Gasteiger partial charge in [-0.3, -0.25) is 14.9 Å². The Hall–Kier alpha value is -3.81. The minimum Gasteiger partial charge on any atom is -0.343 e. The highest BCUT2D eigenvalue weighted by molar-refractivity contribution is 5.91. The van der Waals surface area contributed by atoms with Gasteiger partial charge in [-0.05, 0) is 23.8 Å². The Morgan fingerprint density at radius 1 is 1.15 bits per heavy atom. The monoisotopic (exact) mass is 350 g/mol. The van der Waals surface area contributed by atoms with E-state index in [0.717, 1.165) is 5.56 Å². The Bertz CT molecular complexity index is 933. The summed E-state index contributed by atoms with van der Waals surface area (Å²) in [7, 11) is 0. The van der Waals surface area contributed by atoms with Crippen molar-refractivity contribution in [2.24, 2.45) is 0 Å². The molecule has 26 heavy (non-hydrogen) atoms. The Balaban J connectivity index is 1.54. The van der Waals surface area contributed by atoms with Crippen molar-refractivity contribution in [3.8, 4) is 11.4 Å². The molecule has 0 fully saturated rings. The van der Waals surface area contributed by atoms with Crippen LogP contribution < -0.4 is 5.32 Å². The van der Waals surface area contributed by atoms with Crippen LogP contribution in [0.25, 0.3) is 17.5 Å². The van der Waals surface area contributed by atoms with E-state index in [-0.39, 0.29) is 18.1 Å². The van der Waals surface area contributed by atoms with Gasteiger partial charge in [-0.2, -0.15) is 4.98 Å². The number of non-ortho nitro benzene ring substituents is 1. The molecule has 0 atom stereocenters. The Kier molecular flexibility index (Phi) is 5.14. The topological polar surface area (TPSA) is 111 Å². The van der Waals surface area contributed by atoms with Gasteiger partial charge < -0.3 is 9.84 Å². The molecule has 1 amide bonds. The summed E-state index contributed by atoms with van der Waals surface area (Å²) in [4.78, 5) is 26.2. The third kappa shape index (κ3) is 4.38. The molecule has 2 aromatic carbocycles. The van der Waals surface area contributed by atoms with Gasteiger partial charge in [0.15, 0.2) is 0 Å². The fourth-order valence-electron chi connectivity index (χ4n) is 2.13. The van der Waals surface area contributed by atoms with Gasteiger partial charge in [-0.1, -0.05) is 35.5 Å². The molecular formula is C18H14N4O4. The predicted molar refractivity (Wildman–Crippen MR) is 93.7 cm³/mol. The van der Waals surface area contributed by atoms with Gasteiger partial charge in [0, 0.05) is 23.8 Å². The number of benzene rings is 2. The molecule has 0 bridgehead atoms. The molecule has 1 heterocycles. The Labute approximate surface area is 148 Å². The molecule has 0 unspecified atom stereocenters. The number of carbonyl (C=O) groups excluding carboxylic acids is 1. The van der Waals surface area contributed by atoms with Crippen molar-refractivity contribution in [2.75, 3.05) is 0 Å². The molecular weight excluding hydrogens is 336 g/mol. The van der Waals surface area contributed by atoms with Crippen LogP contribution in [0.2, 0.25) is 0 Å². The summed E-state index contributed by atoms with van der Waals surface area (Å²) in [5, 5.41) is 17.1. The van der Waals surface area contributed by atoms with E-state index < -0.39 is 4.92 Å². The third-order valence-electron chi connectivity index (χ3n) is 3.44. The van der Waals surface area contributed by atoms with Crippen LogP contribution in [0.3, 0.4) is 0 Å². The molecule has 0 aliphatic rings. The second kappa shape index (κ2) is 7.84. The van der Waals surface area contributed by atoms with Crippen molar-refractivity contribution in [3.05, 3.63) is 82.2 Å². The molecule has 8 nitrogen and oxygen atoms in total. The lowest BCUT2D eigenvalue weighted by molar-refractivity contribution is -0.384. The second-order valence-corrected chi connectivity index (χ2v) is 5.28.